The lowest BCUT2D eigenvalue weighted by Crippen LogP contribution is -2.49. The normalized spacial score (nSPS) is 22.7. The topological polar surface area (TPSA) is 93.2 Å². The second-order valence-electron chi connectivity index (χ2n) is 13.1. The molecule has 1 aliphatic carbocycles. The second-order valence-corrected chi connectivity index (χ2v) is 13.1. The summed E-state index contributed by atoms with van der Waals surface area (Å²) in [7, 11) is 0. The van der Waals surface area contributed by atoms with E-state index in [4.69, 9.17) is 9.92 Å². The van der Waals surface area contributed by atoms with Gasteiger partial charge in [0.15, 0.2) is 0 Å². The summed E-state index contributed by atoms with van der Waals surface area (Å²) >= 11 is 0. The molecule has 2 aromatic rings. The maximum absolute atomic E-state index is 11.9. The van der Waals surface area contributed by atoms with Gasteiger partial charge in [0.05, 0.1) is 6.42 Å². The fourth-order valence-corrected chi connectivity index (χ4v) is 7.37. The molecule has 43 heavy (non-hydrogen) atoms. The predicted molar refractivity (Wildman–Crippen MR) is 170 cm³/mol. The number of rotatable bonds is 12. The van der Waals surface area contributed by atoms with Crippen molar-refractivity contribution in [2.24, 2.45) is 5.92 Å². The first-order chi connectivity index (χ1) is 21.1. The average Bonchev–Trinajstić information content (AvgIpc) is 3.50. The van der Waals surface area contributed by atoms with E-state index in [2.05, 4.69) is 57.0 Å². The van der Waals surface area contributed by atoms with Gasteiger partial charge in [0.1, 0.15) is 5.82 Å². The zero-order valence-electron chi connectivity index (χ0n) is 25.7. The Hall–Kier alpha value is -2.72. The van der Waals surface area contributed by atoms with Crippen LogP contribution in [0.4, 0.5) is 11.5 Å². The lowest BCUT2D eigenvalue weighted by molar-refractivity contribution is -0.223. The van der Waals surface area contributed by atoms with Crippen molar-refractivity contribution >= 4 is 17.5 Å². The largest absolute Gasteiger partial charge is 0.481 e. The van der Waals surface area contributed by atoms with E-state index in [0.29, 0.717) is 12.0 Å². The zero-order valence-corrected chi connectivity index (χ0v) is 25.7. The van der Waals surface area contributed by atoms with Crippen molar-refractivity contribution in [2.75, 3.05) is 62.6 Å². The van der Waals surface area contributed by atoms with Crippen LogP contribution in [0.15, 0.2) is 36.4 Å². The van der Waals surface area contributed by atoms with Crippen LogP contribution in [-0.2, 0) is 22.6 Å². The number of pyridine rings is 1. The highest BCUT2D eigenvalue weighted by Crippen LogP contribution is 2.30. The smallest absolute Gasteiger partial charge is 0.304 e. The van der Waals surface area contributed by atoms with Gasteiger partial charge < -0.3 is 20.2 Å². The molecule has 2 unspecified atom stereocenters. The quantitative estimate of drug-likeness (QED) is 0.300. The first kappa shape index (κ1) is 30.3. The standard InChI is InChI=1S/C34H50N6O3/c41-33(42)23-29(25-38-17-15-26(24-38)11-13-30-14-12-27-7-5-16-35-34(27)36-30)28-6-4-10-32(22-28)39-18-20-40(21-19-39)43-37-31-8-2-1-3-9-31/h4,6,10,12,14,22,26,29,31,37H,1-3,5,7-9,11,13,15-21,23-25H2,(H,35,36)(H,41,42). The minimum Gasteiger partial charge on any atom is -0.481 e. The van der Waals surface area contributed by atoms with Crippen LogP contribution in [0.5, 0.6) is 0 Å². The van der Waals surface area contributed by atoms with Gasteiger partial charge in [0, 0.05) is 69.2 Å². The van der Waals surface area contributed by atoms with E-state index in [1.165, 1.54) is 61.9 Å². The van der Waals surface area contributed by atoms with E-state index in [0.717, 1.165) is 83.0 Å². The SMILES string of the molecule is O=C(O)CC(CN1CCC(CCc2ccc3c(n2)NCCC3)C1)c1cccc(N2CCN(ONC3CCCCC3)CC2)c1. The molecular formula is C34H50N6O3. The minimum absolute atomic E-state index is 0.0195. The molecular weight excluding hydrogens is 540 g/mol. The van der Waals surface area contributed by atoms with Crippen LogP contribution in [0, 0.1) is 5.92 Å². The molecule has 3 N–H and O–H groups in total. The Kier molecular flexibility index (Phi) is 10.5. The molecule has 6 rings (SSSR count). The number of carboxylic acids is 1. The number of nitrogens with zero attached hydrogens (tertiary/aromatic N) is 4. The number of carboxylic acid groups (broad SMARTS) is 1. The summed E-state index contributed by atoms with van der Waals surface area (Å²) in [5, 5.41) is 15.3. The molecule has 1 aromatic carbocycles. The van der Waals surface area contributed by atoms with Crippen LogP contribution >= 0.6 is 0 Å². The Balaban J connectivity index is 0.994. The Labute approximate surface area is 256 Å². The van der Waals surface area contributed by atoms with Gasteiger partial charge in [0.25, 0.3) is 0 Å². The van der Waals surface area contributed by atoms with Crippen LogP contribution in [-0.4, -0.2) is 84.4 Å². The van der Waals surface area contributed by atoms with Crippen molar-refractivity contribution in [1.29, 1.82) is 0 Å². The molecule has 1 aromatic heterocycles. The number of piperazine rings is 1. The summed E-state index contributed by atoms with van der Waals surface area (Å²) in [6.45, 7) is 7.36. The van der Waals surface area contributed by atoms with Crippen LogP contribution in [0.2, 0.25) is 0 Å². The molecule has 2 atom stereocenters. The molecule has 0 spiro atoms. The fraction of sp³-hybridized carbons (Fsp3) is 0.647. The average molecular weight is 591 g/mol. The lowest BCUT2D eigenvalue weighted by Gasteiger charge is -2.36. The monoisotopic (exact) mass is 590 g/mol. The van der Waals surface area contributed by atoms with E-state index < -0.39 is 5.97 Å². The Morgan fingerprint density at radius 3 is 2.74 bits per heavy atom. The number of hydrogen-bond acceptors (Lipinski definition) is 8. The molecule has 234 valence electrons. The summed E-state index contributed by atoms with van der Waals surface area (Å²) < 4.78 is 0. The number of anilines is 2. The number of benzene rings is 1. The first-order valence-electron chi connectivity index (χ1n) is 16.8. The number of aliphatic carboxylic acids is 1. The molecule has 4 heterocycles. The number of hydroxylamine groups is 3. The maximum atomic E-state index is 11.9. The number of aryl methyl sites for hydroxylation is 2. The molecule has 9 nitrogen and oxygen atoms in total. The number of hydrogen-bond donors (Lipinski definition) is 3. The van der Waals surface area contributed by atoms with Gasteiger partial charge in [-0.2, -0.15) is 10.5 Å². The molecule has 3 aliphatic heterocycles. The second kappa shape index (κ2) is 14.8. The van der Waals surface area contributed by atoms with Crippen LogP contribution in [0.3, 0.4) is 0 Å². The maximum Gasteiger partial charge on any atom is 0.304 e. The van der Waals surface area contributed by atoms with Crippen LogP contribution in [0.25, 0.3) is 0 Å². The molecule has 0 amide bonds. The van der Waals surface area contributed by atoms with E-state index >= 15 is 0 Å². The highest BCUT2D eigenvalue weighted by atomic mass is 16.8. The third-order valence-corrected chi connectivity index (χ3v) is 9.93. The van der Waals surface area contributed by atoms with E-state index in [1.54, 1.807) is 0 Å². The van der Waals surface area contributed by atoms with Crippen molar-refractivity contribution in [3.63, 3.8) is 0 Å². The third-order valence-electron chi connectivity index (χ3n) is 9.93. The van der Waals surface area contributed by atoms with Crippen LogP contribution in [0.1, 0.15) is 80.5 Å². The number of likely N-dealkylation sites (tertiary alicyclic amines) is 1. The summed E-state index contributed by atoms with van der Waals surface area (Å²) in [4.78, 5) is 27.6. The number of fused-ring (bicyclic) bond motifs is 1. The van der Waals surface area contributed by atoms with Gasteiger partial charge >= 0.3 is 5.97 Å². The molecule has 1 saturated carbocycles. The minimum atomic E-state index is -0.727. The highest BCUT2D eigenvalue weighted by molar-refractivity contribution is 5.68. The van der Waals surface area contributed by atoms with Crippen molar-refractivity contribution < 1.29 is 14.8 Å². The van der Waals surface area contributed by atoms with Crippen molar-refractivity contribution in [3.8, 4) is 0 Å². The van der Waals surface area contributed by atoms with Crippen LogP contribution < -0.4 is 15.7 Å². The number of carbonyl (C=O) groups is 1. The van der Waals surface area contributed by atoms with Gasteiger partial charge in [0.2, 0.25) is 0 Å². The van der Waals surface area contributed by atoms with Crippen molar-refractivity contribution in [1.82, 2.24) is 20.4 Å². The Morgan fingerprint density at radius 2 is 1.91 bits per heavy atom. The Morgan fingerprint density at radius 1 is 1.05 bits per heavy atom. The van der Waals surface area contributed by atoms with Gasteiger partial charge in [-0.15, -0.1) is 0 Å². The van der Waals surface area contributed by atoms with Crippen molar-refractivity contribution in [2.45, 2.75) is 82.6 Å². The fourth-order valence-electron chi connectivity index (χ4n) is 7.37. The van der Waals surface area contributed by atoms with Gasteiger partial charge in [-0.1, -0.05) is 37.5 Å². The molecule has 3 fully saturated rings. The Bertz CT molecular complexity index is 1200. The molecule has 0 bridgehead atoms. The number of nitrogens with one attached hydrogen (secondary N) is 2. The lowest BCUT2D eigenvalue weighted by atomic mass is 9.94. The predicted octanol–water partition coefficient (Wildman–Crippen LogP) is 4.84. The summed E-state index contributed by atoms with van der Waals surface area (Å²) in [5.41, 5.74) is 8.13. The summed E-state index contributed by atoms with van der Waals surface area (Å²) in [5.74, 6) is 0.967. The van der Waals surface area contributed by atoms with Gasteiger partial charge in [-0.05, 0) is 86.7 Å². The van der Waals surface area contributed by atoms with Crippen molar-refractivity contribution in [3.05, 3.63) is 53.2 Å². The molecule has 2 saturated heterocycles. The first-order valence-corrected chi connectivity index (χ1v) is 16.8. The summed E-state index contributed by atoms with van der Waals surface area (Å²) in [6.07, 6.45) is 12.1. The van der Waals surface area contributed by atoms with Gasteiger partial charge in [-0.25, -0.2) is 9.92 Å². The zero-order chi connectivity index (χ0) is 29.4. The molecule has 4 aliphatic rings. The van der Waals surface area contributed by atoms with E-state index in [-0.39, 0.29) is 12.3 Å². The van der Waals surface area contributed by atoms with E-state index in [1.807, 2.05) is 5.06 Å². The van der Waals surface area contributed by atoms with E-state index in [9.17, 15) is 9.90 Å². The van der Waals surface area contributed by atoms with Gasteiger partial charge in [-0.3, -0.25) is 4.79 Å². The summed E-state index contributed by atoms with van der Waals surface area (Å²) in [6, 6.07) is 13.5. The highest BCUT2D eigenvalue weighted by Gasteiger charge is 2.27. The number of aromatic nitrogens is 1. The molecule has 9 heteroatoms. The molecule has 0 radical (unpaired) electrons. The third kappa shape index (κ3) is 8.47.